The number of hydrogen-bond donors (Lipinski definition) is 0. The molecular weight excluding hydrogens is 356 g/mol. The Bertz CT molecular complexity index is 557. The molecule has 0 bridgehead atoms. The molecule has 0 heterocycles. The van der Waals surface area contributed by atoms with E-state index in [-0.39, 0.29) is 12.0 Å². The van der Waals surface area contributed by atoms with Crippen LogP contribution in [0.5, 0.6) is 0 Å². The van der Waals surface area contributed by atoms with Crippen LogP contribution in [0.3, 0.4) is 0 Å². The molecule has 1 aromatic carbocycles. The van der Waals surface area contributed by atoms with Gasteiger partial charge in [0.2, 0.25) is 0 Å². The normalized spacial score (nSPS) is 20.4. The van der Waals surface area contributed by atoms with Gasteiger partial charge in [-0.2, -0.15) is 0 Å². The molecule has 1 aliphatic rings. The summed E-state index contributed by atoms with van der Waals surface area (Å²) in [6.07, 6.45) is 5.03. The second-order valence-corrected chi connectivity index (χ2v) is 12.4. The lowest BCUT2D eigenvalue weighted by molar-refractivity contribution is -0.120. The van der Waals surface area contributed by atoms with Crippen LogP contribution in [-0.2, 0) is 9.22 Å². The van der Waals surface area contributed by atoms with Crippen molar-refractivity contribution in [2.75, 3.05) is 0 Å². The van der Waals surface area contributed by atoms with Gasteiger partial charge in [-0.05, 0) is 69.1 Å². The molecule has 22 heavy (non-hydrogen) atoms. The highest BCUT2D eigenvalue weighted by atomic mass is 79.9. The second-order valence-electron chi connectivity index (χ2n) is 7.02. The predicted octanol–water partition coefficient (Wildman–Crippen LogP) is 5.66. The van der Waals surface area contributed by atoms with Crippen molar-refractivity contribution in [3.05, 3.63) is 46.0 Å². The van der Waals surface area contributed by atoms with Crippen molar-refractivity contribution < 1.29 is 9.22 Å². The maximum atomic E-state index is 11.6. The highest BCUT2D eigenvalue weighted by Crippen LogP contribution is 2.37. The lowest BCUT2D eigenvalue weighted by Crippen LogP contribution is -2.29. The molecule has 0 N–H and O–H groups in total. The van der Waals surface area contributed by atoms with Gasteiger partial charge in [-0.25, -0.2) is 0 Å². The molecule has 0 unspecified atom stereocenters. The first-order valence-corrected chi connectivity index (χ1v) is 12.1. The van der Waals surface area contributed by atoms with E-state index in [2.05, 4.69) is 65.9 Å². The van der Waals surface area contributed by atoms with E-state index in [1.54, 1.807) is 6.92 Å². The molecule has 1 aromatic rings. The van der Waals surface area contributed by atoms with Gasteiger partial charge < -0.3 is 4.43 Å². The highest BCUT2D eigenvalue weighted by Gasteiger charge is 2.28. The molecule has 0 radical (unpaired) electrons. The van der Waals surface area contributed by atoms with Gasteiger partial charge in [-0.15, -0.1) is 0 Å². The molecule has 0 amide bonds. The minimum Gasteiger partial charge on any atom is -0.407 e. The second kappa shape index (κ2) is 7.24. The molecule has 0 saturated heterocycles. The third-order valence-electron chi connectivity index (χ3n) is 4.00. The number of halogens is 1. The van der Waals surface area contributed by atoms with E-state index in [0.29, 0.717) is 5.78 Å². The van der Waals surface area contributed by atoms with Gasteiger partial charge in [0.05, 0.1) is 6.10 Å². The molecular formula is C18H25BrO2Si. The summed E-state index contributed by atoms with van der Waals surface area (Å²) in [6.45, 7) is 8.37. The van der Waals surface area contributed by atoms with Gasteiger partial charge >= 0.3 is 0 Å². The number of hydrogen-bond acceptors (Lipinski definition) is 2. The smallest absolute Gasteiger partial charge is 0.185 e. The fourth-order valence-electron chi connectivity index (χ4n) is 2.81. The summed E-state index contributed by atoms with van der Waals surface area (Å²) in [4.78, 5) is 11.6. The van der Waals surface area contributed by atoms with Crippen LogP contribution in [0.15, 0.2) is 40.4 Å². The summed E-state index contributed by atoms with van der Waals surface area (Å²) in [5, 5.41) is 0. The van der Waals surface area contributed by atoms with Gasteiger partial charge in [0.15, 0.2) is 8.32 Å². The Kier molecular flexibility index (Phi) is 5.80. The molecule has 0 aliphatic heterocycles. The Balaban J connectivity index is 2.25. The van der Waals surface area contributed by atoms with Gasteiger partial charge in [0.25, 0.3) is 0 Å². The van der Waals surface area contributed by atoms with Crippen molar-refractivity contribution in [3.8, 4) is 0 Å². The van der Waals surface area contributed by atoms with Crippen LogP contribution < -0.4 is 0 Å². The molecule has 4 heteroatoms. The summed E-state index contributed by atoms with van der Waals surface area (Å²) in [5.41, 5.74) is 2.54. The monoisotopic (exact) mass is 380 g/mol. The molecule has 0 saturated carbocycles. The molecule has 0 aromatic heterocycles. The van der Waals surface area contributed by atoms with Crippen molar-refractivity contribution in [3.63, 3.8) is 0 Å². The number of ketones is 1. The average molecular weight is 381 g/mol. The van der Waals surface area contributed by atoms with E-state index in [0.717, 1.165) is 23.7 Å². The molecule has 1 aliphatic carbocycles. The van der Waals surface area contributed by atoms with Crippen molar-refractivity contribution in [1.82, 2.24) is 0 Å². The first-order valence-electron chi connectivity index (χ1n) is 7.89. The van der Waals surface area contributed by atoms with E-state index in [4.69, 9.17) is 4.43 Å². The summed E-state index contributed by atoms with van der Waals surface area (Å²) >= 11 is 3.49. The fourth-order valence-corrected chi connectivity index (χ4v) is 4.07. The summed E-state index contributed by atoms with van der Waals surface area (Å²) in [5.74, 6) is 0.503. The number of rotatable bonds is 5. The topological polar surface area (TPSA) is 26.3 Å². The van der Waals surface area contributed by atoms with Crippen molar-refractivity contribution in [1.29, 1.82) is 0 Å². The van der Waals surface area contributed by atoms with Crippen LogP contribution in [0.25, 0.3) is 0 Å². The fraction of sp³-hybridized carbons (Fsp3) is 0.500. The number of benzene rings is 1. The lowest BCUT2D eigenvalue weighted by atomic mass is 9.84. The van der Waals surface area contributed by atoms with Crippen LogP contribution in [0.2, 0.25) is 19.6 Å². The van der Waals surface area contributed by atoms with Gasteiger partial charge in [0.1, 0.15) is 5.78 Å². The SMILES string of the molecule is CC(=O)[C@H]1CC=C([C@@H](O[Si](C)(C)C)c2ccc(Br)cc2)CC1. The first-order chi connectivity index (χ1) is 10.3. The Morgan fingerprint density at radius 2 is 1.91 bits per heavy atom. The minimum absolute atomic E-state index is 0.0349. The molecule has 0 fully saturated rings. The van der Waals surface area contributed by atoms with Crippen molar-refractivity contribution in [2.45, 2.75) is 51.9 Å². The third-order valence-corrected chi connectivity index (χ3v) is 5.47. The van der Waals surface area contributed by atoms with Crippen molar-refractivity contribution in [2.24, 2.45) is 5.92 Å². The Morgan fingerprint density at radius 1 is 1.27 bits per heavy atom. The van der Waals surface area contributed by atoms with E-state index < -0.39 is 8.32 Å². The van der Waals surface area contributed by atoms with E-state index in [1.165, 1.54) is 11.1 Å². The van der Waals surface area contributed by atoms with Gasteiger partial charge in [-0.3, -0.25) is 4.79 Å². The predicted molar refractivity (Wildman–Crippen MR) is 97.4 cm³/mol. The zero-order valence-electron chi connectivity index (χ0n) is 13.9. The van der Waals surface area contributed by atoms with Crippen LogP contribution in [0.4, 0.5) is 0 Å². The molecule has 2 atom stereocenters. The highest BCUT2D eigenvalue weighted by molar-refractivity contribution is 9.10. The quantitative estimate of drug-likeness (QED) is 0.486. The Morgan fingerprint density at radius 3 is 2.36 bits per heavy atom. The lowest BCUT2D eigenvalue weighted by Gasteiger charge is -2.31. The Hall–Kier alpha value is -0.713. The van der Waals surface area contributed by atoms with Gasteiger partial charge in [-0.1, -0.05) is 34.1 Å². The van der Waals surface area contributed by atoms with E-state index in [9.17, 15) is 4.79 Å². The van der Waals surface area contributed by atoms with Crippen LogP contribution >= 0.6 is 15.9 Å². The standard InChI is InChI=1S/C18H25BrO2Si/c1-13(20)14-5-7-15(8-6-14)18(21-22(2,3)4)16-9-11-17(19)12-10-16/h7,9-12,14,18H,5-6,8H2,1-4H3/t14-,18+/m0/s1. The van der Waals surface area contributed by atoms with Gasteiger partial charge in [0, 0.05) is 10.4 Å². The largest absolute Gasteiger partial charge is 0.407 e. The summed E-state index contributed by atoms with van der Waals surface area (Å²) in [7, 11) is -1.66. The molecule has 2 rings (SSSR count). The zero-order valence-corrected chi connectivity index (χ0v) is 16.4. The van der Waals surface area contributed by atoms with Crippen molar-refractivity contribution >= 4 is 30.0 Å². The molecule has 0 spiro atoms. The number of Topliss-reactive ketones (excluding diaryl/α,β-unsaturated/α-hetero) is 1. The molecule has 120 valence electrons. The zero-order chi connectivity index (χ0) is 16.3. The average Bonchev–Trinajstić information content (AvgIpc) is 2.45. The van der Waals surface area contributed by atoms with Crippen LogP contribution in [0.1, 0.15) is 37.9 Å². The van der Waals surface area contributed by atoms with Crippen LogP contribution in [0, 0.1) is 5.92 Å². The maximum Gasteiger partial charge on any atom is 0.185 e. The van der Waals surface area contributed by atoms with E-state index >= 15 is 0 Å². The van der Waals surface area contributed by atoms with E-state index in [1.807, 2.05) is 0 Å². The number of allylic oxidation sites excluding steroid dienone is 1. The minimum atomic E-state index is -1.66. The first kappa shape index (κ1) is 17.6. The summed E-state index contributed by atoms with van der Waals surface area (Å²) in [6, 6.07) is 8.40. The molecule has 2 nitrogen and oxygen atoms in total. The third kappa shape index (κ3) is 4.90. The number of carbonyl (C=O) groups excluding carboxylic acids is 1. The van der Waals surface area contributed by atoms with Crippen LogP contribution in [-0.4, -0.2) is 14.1 Å². The maximum absolute atomic E-state index is 11.6. The summed E-state index contributed by atoms with van der Waals surface area (Å²) < 4.78 is 7.55. The Labute approximate surface area is 143 Å². The number of carbonyl (C=O) groups is 1.